The molecular formula is C48H62N4O7Si. The first kappa shape index (κ1) is 43.3. The molecule has 11 nitrogen and oxygen atoms in total. The zero-order valence-corrected chi connectivity index (χ0v) is 38.4. The molecule has 0 radical (unpaired) electrons. The quantitative estimate of drug-likeness (QED) is 0.133. The molecule has 320 valence electrons. The zero-order valence-electron chi connectivity index (χ0n) is 37.4. The molecule has 1 heterocycles. The van der Waals surface area contributed by atoms with Crippen LogP contribution in [0, 0.1) is 11.8 Å². The van der Waals surface area contributed by atoms with Gasteiger partial charge in [-0.3, -0.25) is 14.5 Å². The van der Waals surface area contributed by atoms with Gasteiger partial charge < -0.3 is 33.7 Å². The molecule has 4 aromatic rings. The smallest absolute Gasteiger partial charge is 0.265 e. The number of Topliss-reactive ketones (excluding diaryl/α,β-unsaturated/α-hetero) is 2. The molecule has 0 amide bonds. The minimum Gasteiger partial charge on any atom is -0.508 e. The average molecular weight is 835 g/mol. The van der Waals surface area contributed by atoms with Gasteiger partial charge in [0, 0.05) is 43.4 Å². The third-order valence-corrected chi connectivity index (χ3v) is 17.3. The summed E-state index contributed by atoms with van der Waals surface area (Å²) in [4.78, 5) is 35.3. The Bertz CT molecular complexity index is 2290. The zero-order chi connectivity index (χ0) is 43.5. The molecule has 0 aliphatic heterocycles. The number of hydrogen-bond donors (Lipinski definition) is 2. The number of aliphatic hydroxyl groups excluding tert-OH is 1. The van der Waals surface area contributed by atoms with E-state index in [4.69, 9.17) is 18.4 Å². The Labute approximate surface area is 356 Å². The number of ether oxygens (including phenoxy) is 2. The number of aromatic nitrogens is 1. The molecule has 0 fully saturated rings. The molecule has 3 aromatic carbocycles. The average Bonchev–Trinajstić information content (AvgIpc) is 3.59. The summed E-state index contributed by atoms with van der Waals surface area (Å²) in [6.45, 7) is 17.8. The van der Waals surface area contributed by atoms with E-state index in [0.717, 1.165) is 27.9 Å². The van der Waals surface area contributed by atoms with E-state index in [1.165, 1.54) is 0 Å². The summed E-state index contributed by atoms with van der Waals surface area (Å²) in [6.07, 6.45) is 0.806. The SMILES string of the molecule is CN(C)c1c(CNC(C)(C)C)cc(OCc2ccccc2)c2c1C[C@H]1C[C@H]3[C@H](N(C)C)c4onc(OCc5ccccc5)c4C(=O)C3(O[Si](C)(C)C(C)(C)C)C(O)=C1C2=O. The first-order chi connectivity index (χ1) is 28.2. The van der Waals surface area contributed by atoms with Gasteiger partial charge in [0.15, 0.2) is 25.5 Å². The van der Waals surface area contributed by atoms with Gasteiger partial charge in [-0.1, -0.05) is 81.4 Å². The molecule has 3 aliphatic rings. The van der Waals surface area contributed by atoms with Crippen LogP contribution in [0.25, 0.3) is 0 Å². The largest absolute Gasteiger partial charge is 0.508 e. The third-order valence-electron chi connectivity index (χ3n) is 12.8. The first-order valence-corrected chi connectivity index (χ1v) is 23.9. The van der Waals surface area contributed by atoms with Gasteiger partial charge >= 0.3 is 0 Å². The molecule has 0 saturated carbocycles. The number of fused-ring (bicyclic) bond motifs is 4. The number of carbonyl (C=O) groups excluding carboxylic acids is 2. The minimum atomic E-state index is -2.89. The van der Waals surface area contributed by atoms with Crippen molar-refractivity contribution in [3.8, 4) is 11.6 Å². The highest BCUT2D eigenvalue weighted by Gasteiger charge is 2.67. The van der Waals surface area contributed by atoms with E-state index in [9.17, 15) is 5.11 Å². The van der Waals surface area contributed by atoms with Gasteiger partial charge in [-0.2, -0.15) is 0 Å². The van der Waals surface area contributed by atoms with E-state index in [1.54, 1.807) is 0 Å². The van der Waals surface area contributed by atoms with E-state index in [-0.39, 0.29) is 52.3 Å². The van der Waals surface area contributed by atoms with Gasteiger partial charge in [-0.25, -0.2) is 0 Å². The van der Waals surface area contributed by atoms with Crippen LogP contribution < -0.4 is 19.7 Å². The van der Waals surface area contributed by atoms with E-state index in [2.05, 4.69) is 70.0 Å². The Morgan fingerprint density at radius 3 is 2.05 bits per heavy atom. The Hall–Kier alpha value is -4.75. The Balaban J connectivity index is 1.44. The normalized spacial score (nSPS) is 21.6. The van der Waals surface area contributed by atoms with Crippen LogP contribution in [0.2, 0.25) is 18.1 Å². The summed E-state index contributed by atoms with van der Waals surface area (Å²) >= 11 is 0. The molecular weight excluding hydrogens is 773 g/mol. The molecule has 2 N–H and O–H groups in total. The number of benzene rings is 3. The summed E-state index contributed by atoms with van der Waals surface area (Å²) in [5.41, 5.74) is 3.29. The first-order valence-electron chi connectivity index (χ1n) is 21.0. The molecule has 12 heteroatoms. The molecule has 7 rings (SSSR count). The standard InChI is InChI=1S/C48H62N4O7Si/c1-46(2,3)49-26-32-25-35(56-27-29-19-15-13-16-20-29)37-33(39(32)51(7)8)23-31-24-34-40(52(9)10)42-38(45(50-58-42)57-28-30-21-17-14-18-22-30)44(55)48(34,43(54)36(31)41(37)53)59-60(11,12)47(4,5)6/h13-22,25,31,34,40,49,54H,23-24,26-28H2,1-12H3/t31-,34-,40-,48?/m0/s1. The van der Waals surface area contributed by atoms with Crippen molar-refractivity contribution in [2.75, 3.05) is 33.1 Å². The molecule has 1 unspecified atom stereocenters. The fraction of sp³-hybridized carbons (Fsp3) is 0.479. The minimum absolute atomic E-state index is 0.0335. The number of aliphatic hydroxyl groups is 1. The number of ketones is 2. The van der Waals surface area contributed by atoms with Crippen LogP contribution in [-0.2, 0) is 30.6 Å². The van der Waals surface area contributed by atoms with Gasteiger partial charge in [0.2, 0.25) is 5.78 Å². The maximum atomic E-state index is 15.7. The predicted molar refractivity (Wildman–Crippen MR) is 236 cm³/mol. The maximum absolute atomic E-state index is 15.7. The molecule has 1 aromatic heterocycles. The lowest BCUT2D eigenvalue weighted by Gasteiger charge is -2.55. The molecule has 0 saturated heterocycles. The molecule has 0 bridgehead atoms. The van der Waals surface area contributed by atoms with Crippen molar-refractivity contribution in [1.29, 1.82) is 0 Å². The van der Waals surface area contributed by atoms with Crippen LogP contribution in [0.15, 0.2) is 82.6 Å². The number of anilines is 1. The lowest BCUT2D eigenvalue weighted by molar-refractivity contribution is -0.0480. The monoisotopic (exact) mass is 834 g/mol. The number of allylic oxidation sites excluding steroid dienone is 1. The maximum Gasteiger partial charge on any atom is 0.265 e. The lowest BCUT2D eigenvalue weighted by atomic mass is 9.58. The van der Waals surface area contributed by atoms with Gasteiger partial charge in [0.05, 0.1) is 11.6 Å². The Morgan fingerprint density at radius 1 is 0.900 bits per heavy atom. The van der Waals surface area contributed by atoms with Gasteiger partial charge in [-0.15, -0.1) is 0 Å². The second-order valence-corrected chi connectivity index (χ2v) is 24.4. The summed E-state index contributed by atoms with van der Waals surface area (Å²) in [5.74, 6) is -1.43. The highest BCUT2D eigenvalue weighted by Crippen LogP contribution is 2.60. The van der Waals surface area contributed by atoms with Crippen molar-refractivity contribution in [2.24, 2.45) is 11.8 Å². The number of hydrogen-bond acceptors (Lipinski definition) is 11. The van der Waals surface area contributed by atoms with Crippen molar-refractivity contribution in [1.82, 2.24) is 15.4 Å². The fourth-order valence-electron chi connectivity index (χ4n) is 8.97. The second kappa shape index (κ2) is 15.9. The van der Waals surface area contributed by atoms with Gasteiger partial charge in [0.1, 0.15) is 30.3 Å². The highest BCUT2D eigenvalue weighted by molar-refractivity contribution is 6.74. The number of nitrogens with zero attached hydrogens (tertiary/aromatic N) is 3. The third kappa shape index (κ3) is 7.72. The Morgan fingerprint density at radius 2 is 1.50 bits per heavy atom. The molecule has 4 atom stereocenters. The van der Waals surface area contributed by atoms with Crippen LogP contribution in [0.4, 0.5) is 5.69 Å². The lowest BCUT2D eigenvalue weighted by Crippen LogP contribution is -2.65. The van der Waals surface area contributed by atoms with Crippen molar-refractivity contribution < 1.29 is 33.1 Å². The predicted octanol–water partition coefficient (Wildman–Crippen LogP) is 9.23. The highest BCUT2D eigenvalue weighted by atomic mass is 28.4. The summed E-state index contributed by atoms with van der Waals surface area (Å²) in [5, 5.41) is 20.8. The molecule has 3 aliphatic carbocycles. The van der Waals surface area contributed by atoms with Crippen LogP contribution in [-0.4, -0.2) is 74.4 Å². The van der Waals surface area contributed by atoms with E-state index < -0.39 is 37.6 Å². The molecule has 60 heavy (non-hydrogen) atoms. The van der Waals surface area contributed by atoms with Gasteiger partial charge in [0.25, 0.3) is 5.88 Å². The second-order valence-electron chi connectivity index (χ2n) is 19.7. The fourth-order valence-corrected chi connectivity index (χ4v) is 10.4. The number of carbonyl (C=O) groups is 2. The number of rotatable bonds is 12. The topological polar surface area (TPSA) is 127 Å². The van der Waals surface area contributed by atoms with Crippen molar-refractivity contribution in [3.05, 3.63) is 117 Å². The van der Waals surface area contributed by atoms with E-state index in [1.807, 2.05) is 99.8 Å². The molecule has 0 spiro atoms. The van der Waals surface area contributed by atoms with Crippen molar-refractivity contribution in [2.45, 2.75) is 109 Å². The van der Waals surface area contributed by atoms with E-state index in [0.29, 0.717) is 36.5 Å². The van der Waals surface area contributed by atoms with Crippen LogP contribution in [0.1, 0.15) is 103 Å². The van der Waals surface area contributed by atoms with Crippen molar-refractivity contribution >= 4 is 25.6 Å². The van der Waals surface area contributed by atoms with Crippen molar-refractivity contribution in [3.63, 3.8) is 0 Å². The summed E-state index contributed by atoms with van der Waals surface area (Å²) in [7, 11) is 4.97. The van der Waals surface area contributed by atoms with Crippen LogP contribution >= 0.6 is 0 Å². The van der Waals surface area contributed by atoms with E-state index >= 15 is 9.59 Å². The summed E-state index contributed by atoms with van der Waals surface area (Å²) in [6, 6.07) is 20.9. The van der Waals surface area contributed by atoms with Gasteiger partial charge in [-0.05, 0) is 105 Å². The number of nitrogens with one attached hydrogen (secondary N) is 1. The Kier molecular flexibility index (Phi) is 11.5. The summed E-state index contributed by atoms with van der Waals surface area (Å²) < 4.78 is 26.3. The van der Waals surface area contributed by atoms with Crippen LogP contribution in [0.3, 0.4) is 0 Å². The van der Waals surface area contributed by atoms with Crippen LogP contribution in [0.5, 0.6) is 11.6 Å².